The number of nitrogens with zero attached hydrogens (tertiary/aromatic N) is 2. The Morgan fingerprint density at radius 2 is 1.93 bits per heavy atom. The minimum Gasteiger partial charge on any atom is -0.323 e. The highest BCUT2D eigenvalue weighted by Crippen LogP contribution is 2.27. The van der Waals surface area contributed by atoms with Gasteiger partial charge in [0.15, 0.2) is 5.16 Å². The molecule has 1 aromatic heterocycles. The molecule has 0 saturated heterocycles. The fraction of sp³-hybridized carbons (Fsp3) is 0.286. The lowest BCUT2D eigenvalue weighted by molar-refractivity contribution is -0.115. The van der Waals surface area contributed by atoms with Crippen molar-refractivity contribution in [2.24, 2.45) is 0 Å². The van der Waals surface area contributed by atoms with E-state index in [9.17, 15) is 18.4 Å². The van der Waals surface area contributed by atoms with Gasteiger partial charge in [0.25, 0.3) is 5.56 Å². The van der Waals surface area contributed by atoms with Gasteiger partial charge in [-0.1, -0.05) is 30.8 Å². The average molecular weight is 417 g/mol. The molecule has 3 rings (SSSR count). The SMILES string of the molecule is CC[C@@H](C)n1c(S[C@@H](C)C(=O)Nc2cc(F)ccc2F)nc2ccccc2c1=O. The molecule has 0 bridgehead atoms. The first-order valence-corrected chi connectivity index (χ1v) is 10.1. The summed E-state index contributed by atoms with van der Waals surface area (Å²) in [6, 6.07) is 9.78. The molecule has 8 heteroatoms. The van der Waals surface area contributed by atoms with Crippen LogP contribution in [0.4, 0.5) is 14.5 Å². The molecule has 3 aromatic rings. The van der Waals surface area contributed by atoms with Gasteiger partial charge in [-0.3, -0.25) is 14.2 Å². The topological polar surface area (TPSA) is 64.0 Å². The summed E-state index contributed by atoms with van der Waals surface area (Å²) in [7, 11) is 0. The van der Waals surface area contributed by atoms with E-state index in [1.807, 2.05) is 13.8 Å². The van der Waals surface area contributed by atoms with Crippen molar-refractivity contribution in [3.8, 4) is 0 Å². The molecule has 152 valence electrons. The number of thioether (sulfide) groups is 1. The van der Waals surface area contributed by atoms with Gasteiger partial charge < -0.3 is 5.32 Å². The number of benzene rings is 2. The molecule has 0 saturated carbocycles. The highest BCUT2D eigenvalue weighted by molar-refractivity contribution is 8.00. The number of rotatable bonds is 6. The Hall–Kier alpha value is -2.74. The number of halogens is 2. The largest absolute Gasteiger partial charge is 0.323 e. The molecule has 29 heavy (non-hydrogen) atoms. The molecule has 0 radical (unpaired) electrons. The minimum absolute atomic E-state index is 0.113. The van der Waals surface area contributed by atoms with Crippen LogP contribution in [0.25, 0.3) is 10.9 Å². The van der Waals surface area contributed by atoms with Gasteiger partial charge >= 0.3 is 0 Å². The first kappa shape index (κ1) is 21.0. The van der Waals surface area contributed by atoms with Crippen molar-refractivity contribution in [1.82, 2.24) is 9.55 Å². The van der Waals surface area contributed by atoms with Crippen molar-refractivity contribution in [3.05, 3.63) is 64.5 Å². The van der Waals surface area contributed by atoms with Crippen LogP contribution in [0.15, 0.2) is 52.4 Å². The summed E-state index contributed by atoms with van der Waals surface area (Å²) in [5.74, 6) is -1.89. The van der Waals surface area contributed by atoms with E-state index >= 15 is 0 Å². The maximum atomic E-state index is 13.8. The number of aromatic nitrogens is 2. The normalized spacial score (nSPS) is 13.3. The first-order chi connectivity index (χ1) is 13.8. The number of amides is 1. The molecule has 2 aromatic carbocycles. The smallest absolute Gasteiger partial charge is 0.262 e. The van der Waals surface area contributed by atoms with Gasteiger partial charge in [-0.15, -0.1) is 0 Å². The van der Waals surface area contributed by atoms with Crippen molar-refractivity contribution >= 4 is 34.3 Å². The van der Waals surface area contributed by atoms with Crippen LogP contribution in [0.1, 0.15) is 33.2 Å². The number of hydrogen-bond acceptors (Lipinski definition) is 4. The van der Waals surface area contributed by atoms with Crippen LogP contribution in [0.5, 0.6) is 0 Å². The third-order valence-corrected chi connectivity index (χ3v) is 5.71. The maximum Gasteiger partial charge on any atom is 0.262 e. The van der Waals surface area contributed by atoms with Crippen LogP contribution in [-0.2, 0) is 4.79 Å². The van der Waals surface area contributed by atoms with Crippen LogP contribution >= 0.6 is 11.8 Å². The zero-order valence-electron chi connectivity index (χ0n) is 16.3. The quantitative estimate of drug-likeness (QED) is 0.464. The Morgan fingerprint density at radius 1 is 1.21 bits per heavy atom. The van der Waals surface area contributed by atoms with E-state index in [0.717, 1.165) is 30.0 Å². The molecule has 1 amide bonds. The van der Waals surface area contributed by atoms with Gasteiger partial charge in [0.2, 0.25) is 5.91 Å². The molecule has 0 aliphatic carbocycles. The zero-order chi connectivity index (χ0) is 21.1. The Morgan fingerprint density at radius 3 is 2.66 bits per heavy atom. The lowest BCUT2D eigenvalue weighted by atomic mass is 10.2. The number of anilines is 1. The van der Waals surface area contributed by atoms with Gasteiger partial charge in [-0.2, -0.15) is 0 Å². The maximum absolute atomic E-state index is 13.8. The number of nitrogens with one attached hydrogen (secondary N) is 1. The van der Waals surface area contributed by atoms with E-state index in [1.165, 1.54) is 0 Å². The van der Waals surface area contributed by atoms with Gasteiger partial charge in [0.05, 0.1) is 21.8 Å². The Bertz CT molecular complexity index is 1120. The van der Waals surface area contributed by atoms with Crippen molar-refractivity contribution in [1.29, 1.82) is 0 Å². The second-order valence-electron chi connectivity index (χ2n) is 6.72. The highest BCUT2D eigenvalue weighted by Gasteiger charge is 2.22. The van der Waals surface area contributed by atoms with Gasteiger partial charge in [-0.05, 0) is 44.5 Å². The molecule has 1 heterocycles. The molecule has 0 fully saturated rings. The second-order valence-corrected chi connectivity index (χ2v) is 8.03. The van der Waals surface area contributed by atoms with E-state index in [2.05, 4.69) is 10.3 Å². The third-order valence-electron chi connectivity index (χ3n) is 4.64. The van der Waals surface area contributed by atoms with Gasteiger partial charge in [0.1, 0.15) is 11.6 Å². The lowest BCUT2D eigenvalue weighted by Gasteiger charge is -2.20. The Labute approximate surface area is 171 Å². The summed E-state index contributed by atoms with van der Waals surface area (Å²) in [6.07, 6.45) is 0.711. The van der Waals surface area contributed by atoms with Crippen molar-refractivity contribution < 1.29 is 13.6 Å². The van der Waals surface area contributed by atoms with E-state index in [-0.39, 0.29) is 17.3 Å². The second kappa shape index (κ2) is 8.73. The summed E-state index contributed by atoms with van der Waals surface area (Å²) < 4.78 is 28.7. The Balaban J connectivity index is 1.93. The van der Waals surface area contributed by atoms with Crippen LogP contribution in [0, 0.1) is 11.6 Å². The van der Waals surface area contributed by atoms with Crippen molar-refractivity contribution in [3.63, 3.8) is 0 Å². The number of para-hydroxylation sites is 1. The molecule has 0 spiro atoms. The number of carbonyl (C=O) groups excluding carboxylic acids is 1. The van der Waals surface area contributed by atoms with Gasteiger partial charge in [-0.25, -0.2) is 13.8 Å². The molecular formula is C21H21F2N3O2S. The van der Waals surface area contributed by atoms with E-state index < -0.39 is 22.8 Å². The average Bonchev–Trinajstić information content (AvgIpc) is 2.70. The Kier molecular flexibility index (Phi) is 6.32. The van der Waals surface area contributed by atoms with E-state index in [4.69, 9.17) is 0 Å². The molecule has 0 aliphatic rings. The zero-order valence-corrected chi connectivity index (χ0v) is 17.1. The number of hydrogen-bond donors (Lipinski definition) is 1. The van der Waals surface area contributed by atoms with Crippen LogP contribution < -0.4 is 10.9 Å². The van der Waals surface area contributed by atoms with Crippen LogP contribution in [-0.4, -0.2) is 20.7 Å². The van der Waals surface area contributed by atoms with Gasteiger partial charge in [0, 0.05) is 12.1 Å². The third kappa shape index (κ3) is 4.48. The standard InChI is InChI=1S/C21H21F2N3O2S/c1-4-12(2)26-20(28)15-7-5-6-8-17(15)25-21(26)29-13(3)19(27)24-18-11-14(22)9-10-16(18)23/h5-13H,4H2,1-3H3,(H,24,27)/t12-,13+/m1/s1. The molecular weight excluding hydrogens is 396 g/mol. The fourth-order valence-corrected chi connectivity index (χ4v) is 3.83. The molecule has 1 N–H and O–H groups in total. The summed E-state index contributed by atoms with van der Waals surface area (Å²) in [4.78, 5) is 30.1. The fourth-order valence-electron chi connectivity index (χ4n) is 2.82. The summed E-state index contributed by atoms with van der Waals surface area (Å²) in [5.41, 5.74) is 0.146. The van der Waals surface area contributed by atoms with Crippen molar-refractivity contribution in [2.75, 3.05) is 5.32 Å². The van der Waals surface area contributed by atoms with E-state index in [1.54, 1.807) is 35.8 Å². The lowest BCUT2D eigenvalue weighted by Crippen LogP contribution is -2.28. The molecule has 2 atom stereocenters. The molecule has 5 nitrogen and oxygen atoms in total. The minimum atomic E-state index is -0.725. The summed E-state index contributed by atoms with van der Waals surface area (Å²) in [6.45, 7) is 5.50. The number of fused-ring (bicyclic) bond motifs is 1. The highest BCUT2D eigenvalue weighted by atomic mass is 32.2. The first-order valence-electron chi connectivity index (χ1n) is 9.25. The summed E-state index contributed by atoms with van der Waals surface area (Å²) >= 11 is 1.10. The monoisotopic (exact) mass is 417 g/mol. The van der Waals surface area contributed by atoms with Crippen LogP contribution in [0.2, 0.25) is 0 Å². The number of carbonyl (C=O) groups is 1. The van der Waals surface area contributed by atoms with Crippen molar-refractivity contribution in [2.45, 2.75) is 43.6 Å². The molecule has 0 aliphatic heterocycles. The van der Waals surface area contributed by atoms with Crippen LogP contribution in [0.3, 0.4) is 0 Å². The molecule has 0 unspecified atom stereocenters. The van der Waals surface area contributed by atoms with E-state index in [0.29, 0.717) is 22.5 Å². The summed E-state index contributed by atoms with van der Waals surface area (Å²) in [5, 5.41) is 2.62. The predicted molar refractivity (Wildman–Crippen MR) is 111 cm³/mol. The predicted octanol–water partition coefficient (Wildman–Crippen LogP) is 4.77.